The minimum Gasteiger partial charge on any atom is -0.343 e. The van der Waals surface area contributed by atoms with Crippen LogP contribution in [0.1, 0.15) is 21.5 Å². The first kappa shape index (κ1) is 21.7. The fourth-order valence-electron chi connectivity index (χ4n) is 4.58. The van der Waals surface area contributed by atoms with E-state index < -0.39 is 5.91 Å². The zero-order chi connectivity index (χ0) is 23.5. The van der Waals surface area contributed by atoms with E-state index in [0.717, 1.165) is 18.7 Å². The number of fused-ring (bicyclic) bond motifs is 1. The highest BCUT2D eigenvalue weighted by Gasteiger charge is 2.29. The van der Waals surface area contributed by atoms with Crippen molar-refractivity contribution in [1.82, 2.24) is 14.9 Å². The molecule has 172 valence electrons. The standard InChI is InChI=1S/C27H26N4O3/c32-26(28-34)21-10-12-23(13-11-21)31-17-16-29(27(31)33)15-14-22-19-30(18-20-6-2-1-3-7-20)25-9-5-4-8-24(22)25/h1-13,19,34H,14-18H2,(H,28,32). The maximum atomic E-state index is 13.0. The molecule has 1 fully saturated rings. The fourth-order valence-corrected chi connectivity index (χ4v) is 4.58. The first-order chi connectivity index (χ1) is 16.6. The molecule has 0 atom stereocenters. The number of hydroxylamine groups is 1. The SMILES string of the molecule is O=C(NO)c1ccc(N2CCN(CCc3cn(Cc4ccccc4)c4ccccc34)C2=O)cc1. The topological polar surface area (TPSA) is 77.8 Å². The van der Waals surface area contributed by atoms with Crippen LogP contribution < -0.4 is 10.4 Å². The zero-order valence-corrected chi connectivity index (χ0v) is 18.7. The number of hydrogen-bond acceptors (Lipinski definition) is 3. The van der Waals surface area contributed by atoms with Crippen molar-refractivity contribution in [2.24, 2.45) is 0 Å². The third kappa shape index (κ3) is 4.25. The predicted molar refractivity (Wildman–Crippen MR) is 131 cm³/mol. The van der Waals surface area contributed by atoms with Gasteiger partial charge >= 0.3 is 6.03 Å². The lowest BCUT2D eigenvalue weighted by atomic mass is 10.1. The molecule has 1 aliphatic heterocycles. The second-order valence-corrected chi connectivity index (χ2v) is 8.44. The number of benzene rings is 3. The van der Waals surface area contributed by atoms with Crippen molar-refractivity contribution in [2.75, 3.05) is 24.5 Å². The van der Waals surface area contributed by atoms with Crippen molar-refractivity contribution in [2.45, 2.75) is 13.0 Å². The Bertz CT molecular complexity index is 1310. The number of amides is 3. The Hall–Kier alpha value is -4.10. The van der Waals surface area contributed by atoms with Gasteiger partial charge in [0.25, 0.3) is 5.91 Å². The molecule has 3 amide bonds. The Morgan fingerprint density at radius 1 is 0.912 bits per heavy atom. The average Bonchev–Trinajstić information content (AvgIpc) is 3.43. The van der Waals surface area contributed by atoms with E-state index in [9.17, 15) is 9.59 Å². The Morgan fingerprint density at radius 2 is 1.65 bits per heavy atom. The highest BCUT2D eigenvalue weighted by Crippen LogP contribution is 2.25. The number of anilines is 1. The molecule has 0 saturated carbocycles. The minimum atomic E-state index is -0.577. The van der Waals surface area contributed by atoms with E-state index >= 15 is 0 Å². The summed E-state index contributed by atoms with van der Waals surface area (Å²) in [6.07, 6.45) is 2.98. The predicted octanol–water partition coefficient (Wildman–Crippen LogP) is 4.29. The van der Waals surface area contributed by atoms with Crippen LogP contribution in [0, 0.1) is 0 Å². The van der Waals surface area contributed by atoms with Gasteiger partial charge in [-0.05, 0) is 47.9 Å². The first-order valence-electron chi connectivity index (χ1n) is 11.4. The summed E-state index contributed by atoms with van der Waals surface area (Å²) in [4.78, 5) is 28.2. The summed E-state index contributed by atoms with van der Waals surface area (Å²) in [7, 11) is 0. The molecule has 2 N–H and O–H groups in total. The van der Waals surface area contributed by atoms with Gasteiger partial charge in [0.05, 0.1) is 0 Å². The summed E-state index contributed by atoms with van der Waals surface area (Å²) < 4.78 is 2.28. The van der Waals surface area contributed by atoms with E-state index in [1.54, 1.807) is 34.6 Å². The molecule has 2 heterocycles. The van der Waals surface area contributed by atoms with Gasteiger partial charge in [-0.1, -0.05) is 48.5 Å². The van der Waals surface area contributed by atoms with Gasteiger partial charge in [-0.15, -0.1) is 0 Å². The van der Waals surface area contributed by atoms with E-state index in [0.29, 0.717) is 25.2 Å². The summed E-state index contributed by atoms with van der Waals surface area (Å²) >= 11 is 0. The van der Waals surface area contributed by atoms with Gasteiger partial charge in [-0.25, -0.2) is 10.3 Å². The van der Waals surface area contributed by atoms with E-state index in [-0.39, 0.29) is 6.03 Å². The minimum absolute atomic E-state index is 0.0348. The van der Waals surface area contributed by atoms with Gasteiger partial charge < -0.3 is 9.47 Å². The number of nitrogens with zero attached hydrogens (tertiary/aromatic N) is 3. The molecule has 3 aromatic carbocycles. The van der Waals surface area contributed by atoms with Gasteiger partial charge in [0.1, 0.15) is 0 Å². The van der Waals surface area contributed by atoms with Gasteiger partial charge in [0.15, 0.2) is 0 Å². The molecule has 0 aliphatic carbocycles. The van der Waals surface area contributed by atoms with E-state index in [4.69, 9.17) is 5.21 Å². The monoisotopic (exact) mass is 454 g/mol. The van der Waals surface area contributed by atoms with Crippen LogP contribution >= 0.6 is 0 Å². The van der Waals surface area contributed by atoms with Crippen LogP contribution in [0.25, 0.3) is 10.9 Å². The Morgan fingerprint density at radius 3 is 2.41 bits per heavy atom. The van der Waals surface area contributed by atoms with Crippen LogP contribution in [-0.2, 0) is 13.0 Å². The lowest BCUT2D eigenvalue weighted by Gasteiger charge is -2.19. The van der Waals surface area contributed by atoms with Crippen molar-refractivity contribution in [3.05, 3.63) is 102 Å². The summed E-state index contributed by atoms with van der Waals surface area (Å²) in [5.74, 6) is -0.577. The van der Waals surface area contributed by atoms with Crippen molar-refractivity contribution >= 4 is 28.5 Å². The summed E-state index contributed by atoms with van der Waals surface area (Å²) in [5.41, 5.74) is 6.37. The Labute approximate surface area is 197 Å². The Balaban J connectivity index is 1.28. The van der Waals surface area contributed by atoms with Crippen molar-refractivity contribution < 1.29 is 14.8 Å². The third-order valence-corrected chi connectivity index (χ3v) is 6.36. The lowest BCUT2D eigenvalue weighted by Crippen LogP contribution is -2.33. The van der Waals surface area contributed by atoms with Crippen molar-refractivity contribution in [3.8, 4) is 0 Å². The van der Waals surface area contributed by atoms with E-state index in [2.05, 4.69) is 59.3 Å². The summed E-state index contributed by atoms with van der Waals surface area (Å²) in [6, 6.07) is 25.4. The molecule has 1 saturated heterocycles. The molecule has 0 unspecified atom stereocenters. The summed E-state index contributed by atoms with van der Waals surface area (Å²) in [6.45, 7) is 2.70. The number of hydrogen-bond donors (Lipinski definition) is 2. The highest BCUT2D eigenvalue weighted by atomic mass is 16.5. The number of aromatic nitrogens is 1. The number of carbonyl (C=O) groups excluding carboxylic acids is 2. The molecule has 34 heavy (non-hydrogen) atoms. The number of para-hydroxylation sites is 1. The number of rotatable bonds is 7. The normalized spacial score (nSPS) is 13.6. The number of urea groups is 1. The second-order valence-electron chi connectivity index (χ2n) is 8.44. The van der Waals surface area contributed by atoms with Gasteiger partial charge in [0, 0.05) is 54.5 Å². The molecule has 0 radical (unpaired) electrons. The molecule has 7 nitrogen and oxygen atoms in total. The maximum Gasteiger partial charge on any atom is 0.324 e. The van der Waals surface area contributed by atoms with Crippen LogP contribution in [0.3, 0.4) is 0 Å². The Kier molecular flexibility index (Phi) is 6.01. The van der Waals surface area contributed by atoms with E-state index in [1.807, 2.05) is 11.0 Å². The third-order valence-electron chi connectivity index (χ3n) is 6.36. The van der Waals surface area contributed by atoms with Crippen LogP contribution in [0.2, 0.25) is 0 Å². The molecule has 0 spiro atoms. The average molecular weight is 455 g/mol. The molecular formula is C27H26N4O3. The molecule has 0 bridgehead atoms. The summed E-state index contributed by atoms with van der Waals surface area (Å²) in [5, 5.41) is 9.99. The van der Waals surface area contributed by atoms with Crippen LogP contribution in [0.15, 0.2) is 85.1 Å². The van der Waals surface area contributed by atoms with Gasteiger partial charge in [-0.3, -0.25) is 14.9 Å². The molecular weight excluding hydrogens is 428 g/mol. The van der Waals surface area contributed by atoms with Gasteiger partial charge in [-0.2, -0.15) is 0 Å². The van der Waals surface area contributed by atoms with E-state index in [1.165, 1.54) is 22.0 Å². The smallest absolute Gasteiger partial charge is 0.324 e. The maximum absolute atomic E-state index is 13.0. The largest absolute Gasteiger partial charge is 0.343 e. The molecule has 1 aliphatic rings. The van der Waals surface area contributed by atoms with Gasteiger partial charge in [0.2, 0.25) is 0 Å². The number of nitrogens with one attached hydrogen (secondary N) is 1. The molecule has 7 heteroatoms. The van der Waals surface area contributed by atoms with Crippen LogP contribution in [-0.4, -0.2) is 46.2 Å². The van der Waals surface area contributed by atoms with Crippen LogP contribution in [0.4, 0.5) is 10.5 Å². The van der Waals surface area contributed by atoms with Crippen molar-refractivity contribution in [3.63, 3.8) is 0 Å². The lowest BCUT2D eigenvalue weighted by molar-refractivity contribution is 0.0706. The molecule has 5 rings (SSSR count). The fraction of sp³-hybridized carbons (Fsp3) is 0.185. The second kappa shape index (κ2) is 9.41. The quantitative estimate of drug-likeness (QED) is 0.323. The molecule has 4 aromatic rings. The molecule has 1 aromatic heterocycles. The van der Waals surface area contributed by atoms with Crippen molar-refractivity contribution in [1.29, 1.82) is 0 Å². The van der Waals surface area contributed by atoms with Crippen LogP contribution in [0.5, 0.6) is 0 Å². The highest BCUT2D eigenvalue weighted by molar-refractivity contribution is 5.96. The number of carbonyl (C=O) groups is 2. The first-order valence-corrected chi connectivity index (χ1v) is 11.4. The zero-order valence-electron chi connectivity index (χ0n) is 18.7.